The van der Waals surface area contributed by atoms with Crippen molar-refractivity contribution in [2.75, 3.05) is 33.8 Å². The van der Waals surface area contributed by atoms with E-state index < -0.39 is 0 Å². The van der Waals surface area contributed by atoms with Gasteiger partial charge in [-0.2, -0.15) is 0 Å². The first kappa shape index (κ1) is 20.8. The molecular formula is C22H32N4O. The maximum Gasteiger partial charge on any atom is 0.191 e. The lowest BCUT2D eigenvalue weighted by Gasteiger charge is -2.16. The molecule has 0 aromatic heterocycles. The van der Waals surface area contributed by atoms with Crippen LogP contribution in [0.3, 0.4) is 0 Å². The van der Waals surface area contributed by atoms with Gasteiger partial charge >= 0.3 is 0 Å². The van der Waals surface area contributed by atoms with Gasteiger partial charge in [0.1, 0.15) is 12.4 Å². The van der Waals surface area contributed by atoms with Crippen molar-refractivity contribution in [3.8, 4) is 5.75 Å². The number of ether oxygens (including phenoxy) is 1. The molecule has 0 bridgehead atoms. The molecule has 2 aromatic rings. The van der Waals surface area contributed by atoms with E-state index >= 15 is 0 Å². The zero-order valence-corrected chi connectivity index (χ0v) is 17.0. The molecule has 0 amide bonds. The molecule has 2 N–H and O–H groups in total. The summed E-state index contributed by atoms with van der Waals surface area (Å²) in [6.07, 6.45) is 0. The van der Waals surface area contributed by atoms with Crippen LogP contribution in [0.2, 0.25) is 0 Å². The molecule has 5 nitrogen and oxygen atoms in total. The number of nitrogens with zero attached hydrogens (tertiary/aromatic N) is 2. The second-order valence-electron chi connectivity index (χ2n) is 6.80. The Labute approximate surface area is 163 Å². The Morgan fingerprint density at radius 1 is 1.07 bits per heavy atom. The van der Waals surface area contributed by atoms with Gasteiger partial charge < -0.3 is 20.3 Å². The number of hydrogen-bond donors (Lipinski definition) is 2. The highest BCUT2D eigenvalue weighted by Gasteiger charge is 2.05. The van der Waals surface area contributed by atoms with Crippen LogP contribution in [0.1, 0.15) is 23.6 Å². The van der Waals surface area contributed by atoms with E-state index in [1.165, 1.54) is 11.1 Å². The summed E-state index contributed by atoms with van der Waals surface area (Å²) in [6.45, 7) is 7.87. The van der Waals surface area contributed by atoms with Gasteiger partial charge in [0.15, 0.2) is 5.96 Å². The van der Waals surface area contributed by atoms with Gasteiger partial charge in [0.2, 0.25) is 0 Å². The van der Waals surface area contributed by atoms with Crippen LogP contribution in [0.4, 0.5) is 0 Å². The number of nitrogens with one attached hydrogen (secondary N) is 2. The first-order valence-electron chi connectivity index (χ1n) is 9.51. The van der Waals surface area contributed by atoms with Crippen molar-refractivity contribution < 1.29 is 4.74 Å². The Hall–Kier alpha value is -2.53. The first-order chi connectivity index (χ1) is 13.1. The van der Waals surface area contributed by atoms with Gasteiger partial charge in [-0.05, 0) is 39.6 Å². The van der Waals surface area contributed by atoms with E-state index in [2.05, 4.69) is 59.7 Å². The van der Waals surface area contributed by atoms with E-state index in [0.717, 1.165) is 30.4 Å². The van der Waals surface area contributed by atoms with E-state index in [1.54, 1.807) is 0 Å². The van der Waals surface area contributed by atoms with Crippen molar-refractivity contribution in [1.82, 2.24) is 15.5 Å². The van der Waals surface area contributed by atoms with Crippen LogP contribution in [0.25, 0.3) is 0 Å². The van der Waals surface area contributed by atoms with Gasteiger partial charge in [-0.25, -0.2) is 4.99 Å². The molecule has 0 saturated carbocycles. The summed E-state index contributed by atoms with van der Waals surface area (Å²) in [7, 11) is 4.09. The second-order valence-corrected chi connectivity index (χ2v) is 6.80. The third kappa shape index (κ3) is 7.71. The highest BCUT2D eigenvalue weighted by Crippen LogP contribution is 2.17. The molecule has 0 saturated heterocycles. The third-order valence-electron chi connectivity index (χ3n) is 4.06. The fourth-order valence-corrected chi connectivity index (χ4v) is 2.63. The van der Waals surface area contributed by atoms with Gasteiger partial charge in [0.25, 0.3) is 0 Å². The van der Waals surface area contributed by atoms with Crippen LogP contribution in [0.5, 0.6) is 5.75 Å². The summed E-state index contributed by atoms with van der Waals surface area (Å²) < 4.78 is 5.94. The molecule has 0 unspecified atom stereocenters. The molecule has 0 fully saturated rings. The summed E-state index contributed by atoms with van der Waals surface area (Å²) in [4.78, 5) is 6.82. The highest BCUT2D eigenvalue weighted by atomic mass is 16.5. The van der Waals surface area contributed by atoms with Crippen LogP contribution in [0, 0.1) is 6.92 Å². The standard InChI is InChI=1S/C22H32N4O/c1-5-23-22(24-16-19-10-8-9-18(2)15-19)25-17-20-11-6-7-12-21(20)27-14-13-26(3)4/h6-12,15H,5,13-14,16-17H2,1-4H3,(H2,23,24,25). The Morgan fingerprint density at radius 3 is 2.63 bits per heavy atom. The van der Waals surface area contributed by atoms with Crippen molar-refractivity contribution >= 4 is 5.96 Å². The number of hydrogen-bond acceptors (Lipinski definition) is 3. The smallest absolute Gasteiger partial charge is 0.191 e. The summed E-state index contributed by atoms with van der Waals surface area (Å²) in [5.41, 5.74) is 3.58. The van der Waals surface area contributed by atoms with Crippen molar-refractivity contribution in [2.45, 2.75) is 26.9 Å². The molecule has 0 atom stereocenters. The maximum atomic E-state index is 5.94. The van der Waals surface area contributed by atoms with Crippen LogP contribution >= 0.6 is 0 Å². The molecule has 5 heteroatoms. The molecule has 0 aliphatic rings. The molecule has 0 aliphatic heterocycles. The molecule has 27 heavy (non-hydrogen) atoms. The zero-order valence-electron chi connectivity index (χ0n) is 17.0. The number of benzene rings is 2. The van der Waals surface area contributed by atoms with E-state index in [0.29, 0.717) is 19.7 Å². The molecule has 0 aliphatic carbocycles. The fourth-order valence-electron chi connectivity index (χ4n) is 2.63. The number of aryl methyl sites for hydroxylation is 1. The largest absolute Gasteiger partial charge is 0.492 e. The van der Waals surface area contributed by atoms with E-state index in [9.17, 15) is 0 Å². The molecule has 2 rings (SSSR count). The van der Waals surface area contributed by atoms with E-state index in [4.69, 9.17) is 9.73 Å². The minimum atomic E-state index is 0.651. The fraction of sp³-hybridized carbons (Fsp3) is 0.409. The number of aliphatic imine (C=N–C) groups is 1. The Bertz CT molecular complexity index is 728. The lowest BCUT2D eigenvalue weighted by Crippen LogP contribution is -2.36. The molecular weight excluding hydrogens is 336 g/mol. The van der Waals surface area contributed by atoms with Crippen LogP contribution < -0.4 is 15.4 Å². The molecule has 0 radical (unpaired) electrons. The summed E-state index contributed by atoms with van der Waals surface area (Å²) in [5, 5.41) is 6.72. The van der Waals surface area contributed by atoms with Gasteiger partial charge in [0.05, 0.1) is 6.54 Å². The Balaban J connectivity index is 1.97. The molecule has 0 spiro atoms. The predicted octanol–water partition coefficient (Wildman–Crippen LogP) is 3.19. The lowest BCUT2D eigenvalue weighted by atomic mass is 10.1. The van der Waals surface area contributed by atoms with Crippen LogP contribution in [-0.4, -0.2) is 44.7 Å². The Morgan fingerprint density at radius 2 is 1.89 bits per heavy atom. The van der Waals surface area contributed by atoms with Crippen LogP contribution in [-0.2, 0) is 13.1 Å². The maximum absolute atomic E-state index is 5.94. The quantitative estimate of drug-likeness (QED) is 0.527. The number of likely N-dealkylation sites (N-methyl/N-ethyl adjacent to an activating group) is 1. The van der Waals surface area contributed by atoms with Gasteiger partial charge in [-0.1, -0.05) is 48.0 Å². The number of rotatable bonds is 9. The molecule has 146 valence electrons. The molecule has 0 heterocycles. The van der Waals surface area contributed by atoms with Crippen molar-refractivity contribution in [3.05, 3.63) is 65.2 Å². The SMILES string of the molecule is CCNC(=NCc1cccc(C)c1)NCc1ccccc1OCCN(C)C. The highest BCUT2D eigenvalue weighted by molar-refractivity contribution is 5.79. The zero-order chi connectivity index (χ0) is 19.5. The average Bonchev–Trinajstić information content (AvgIpc) is 2.65. The summed E-state index contributed by atoms with van der Waals surface area (Å²) in [6, 6.07) is 16.6. The van der Waals surface area contributed by atoms with Crippen molar-refractivity contribution in [2.24, 2.45) is 4.99 Å². The topological polar surface area (TPSA) is 48.9 Å². The van der Waals surface area contributed by atoms with Crippen LogP contribution in [0.15, 0.2) is 53.5 Å². The number of para-hydroxylation sites is 1. The van der Waals surface area contributed by atoms with E-state index in [-0.39, 0.29) is 0 Å². The van der Waals surface area contributed by atoms with Crippen molar-refractivity contribution in [1.29, 1.82) is 0 Å². The summed E-state index contributed by atoms with van der Waals surface area (Å²) in [5.74, 6) is 1.73. The average molecular weight is 369 g/mol. The van der Waals surface area contributed by atoms with E-state index in [1.807, 2.05) is 32.3 Å². The third-order valence-corrected chi connectivity index (χ3v) is 4.06. The van der Waals surface area contributed by atoms with Gasteiger partial charge in [-0.3, -0.25) is 0 Å². The lowest BCUT2D eigenvalue weighted by molar-refractivity contribution is 0.259. The molecule has 2 aromatic carbocycles. The predicted molar refractivity (Wildman–Crippen MR) is 113 cm³/mol. The monoisotopic (exact) mass is 368 g/mol. The Kier molecular flexibility index (Phi) is 8.65. The van der Waals surface area contributed by atoms with Crippen molar-refractivity contribution in [3.63, 3.8) is 0 Å². The minimum Gasteiger partial charge on any atom is -0.492 e. The second kappa shape index (κ2) is 11.2. The first-order valence-corrected chi connectivity index (χ1v) is 9.51. The minimum absolute atomic E-state index is 0.651. The normalized spacial score (nSPS) is 11.5. The van der Waals surface area contributed by atoms with Gasteiger partial charge in [0, 0.05) is 25.2 Å². The van der Waals surface area contributed by atoms with Gasteiger partial charge in [-0.15, -0.1) is 0 Å². The number of guanidine groups is 1. The summed E-state index contributed by atoms with van der Waals surface area (Å²) >= 11 is 0.